The number of nitrogens with zero attached hydrogens (tertiary/aromatic N) is 4. The Labute approximate surface area is 228 Å². The largest absolute Gasteiger partial charge is 0.350 e. The normalized spacial score (nSPS) is 41.2. The fourth-order valence-corrected chi connectivity index (χ4v) is 7.34. The zero-order chi connectivity index (χ0) is 27.4. The second-order valence-corrected chi connectivity index (χ2v) is 12.3. The summed E-state index contributed by atoms with van der Waals surface area (Å²) in [5, 5.41) is 19.6. The van der Waals surface area contributed by atoms with Crippen molar-refractivity contribution in [2.45, 2.75) is 89.4 Å². The monoisotopic (exact) mass is 533 g/mol. The molecule has 0 aromatic rings. The molecule has 0 radical (unpaired) electrons. The Hall–Kier alpha value is -1.64. The van der Waals surface area contributed by atoms with Crippen LogP contribution in [0.1, 0.15) is 52.9 Å². The number of halogens is 1. The van der Waals surface area contributed by atoms with Gasteiger partial charge in [0, 0.05) is 64.1 Å². The molecule has 4 rings (SSSR count). The highest BCUT2D eigenvalue weighted by Gasteiger charge is 2.52. The molecule has 5 N–H and O–H groups in total. The Morgan fingerprint density at radius 1 is 1.26 bits per heavy atom. The van der Waals surface area contributed by atoms with Crippen molar-refractivity contribution < 1.29 is 13.8 Å². The van der Waals surface area contributed by atoms with Crippen LogP contribution in [0.3, 0.4) is 0 Å². The van der Waals surface area contributed by atoms with Crippen LogP contribution < -0.4 is 21.7 Å². The molecule has 9 nitrogen and oxygen atoms in total. The summed E-state index contributed by atoms with van der Waals surface area (Å²) in [7, 11) is 2.09. The summed E-state index contributed by atoms with van der Waals surface area (Å²) in [6.45, 7) is 11.7. The fourth-order valence-electron chi connectivity index (χ4n) is 7.34. The molecule has 9 unspecified atom stereocenters. The van der Waals surface area contributed by atoms with E-state index in [9.17, 15) is 10.1 Å². The smallest absolute Gasteiger partial charge is 0.233 e. The molecule has 1 amide bonds. The first-order chi connectivity index (χ1) is 18.2. The second-order valence-electron chi connectivity index (χ2n) is 12.3. The van der Waals surface area contributed by atoms with E-state index in [1.54, 1.807) is 0 Å². The number of alkyl halides is 1. The van der Waals surface area contributed by atoms with Gasteiger partial charge in [0.25, 0.3) is 0 Å². The van der Waals surface area contributed by atoms with E-state index >= 15 is 4.39 Å². The van der Waals surface area contributed by atoms with Crippen molar-refractivity contribution in [3.05, 3.63) is 0 Å². The summed E-state index contributed by atoms with van der Waals surface area (Å²) in [4.78, 5) is 18.7. The van der Waals surface area contributed by atoms with Gasteiger partial charge in [-0.2, -0.15) is 5.26 Å². The highest BCUT2D eigenvalue weighted by Crippen LogP contribution is 2.41. The Morgan fingerprint density at radius 3 is 2.66 bits per heavy atom. The van der Waals surface area contributed by atoms with Crippen LogP contribution in [0, 0.1) is 28.6 Å². The Kier molecular flexibility index (Phi) is 9.80. The molecule has 0 aromatic carbocycles. The van der Waals surface area contributed by atoms with Gasteiger partial charge in [0.15, 0.2) is 6.04 Å². The molecule has 0 spiro atoms. The number of carbonyl (C=O) groups is 1. The van der Waals surface area contributed by atoms with E-state index in [-0.39, 0.29) is 41.4 Å². The lowest BCUT2D eigenvalue weighted by Gasteiger charge is -2.45. The maximum Gasteiger partial charge on any atom is 0.233 e. The maximum absolute atomic E-state index is 15.4. The van der Waals surface area contributed by atoms with Crippen LogP contribution in [0.5, 0.6) is 0 Å². The van der Waals surface area contributed by atoms with Crippen molar-refractivity contribution in [2.24, 2.45) is 23.0 Å². The average molecular weight is 534 g/mol. The highest BCUT2D eigenvalue weighted by molar-refractivity contribution is 5.80. The molecular weight excluding hydrogens is 483 g/mol. The number of hydrogen-bond donors (Lipinski definition) is 4. The number of rotatable bonds is 6. The van der Waals surface area contributed by atoms with Crippen molar-refractivity contribution in [3.63, 3.8) is 0 Å². The Bertz CT molecular complexity index is 887. The molecule has 3 saturated heterocycles. The van der Waals surface area contributed by atoms with Crippen molar-refractivity contribution in [2.75, 3.05) is 52.9 Å². The number of nitrogens with two attached hydrogens (primary N) is 1. The molecule has 2 bridgehead atoms. The predicted molar refractivity (Wildman–Crippen MR) is 148 cm³/mol. The van der Waals surface area contributed by atoms with Gasteiger partial charge in [-0.15, -0.1) is 0 Å². The number of likely N-dealkylation sites (N-methyl/N-ethyl adjacent to an activating group) is 1. The Morgan fingerprint density at radius 2 is 2.00 bits per heavy atom. The first kappa shape index (κ1) is 29.3. The van der Waals surface area contributed by atoms with Crippen molar-refractivity contribution in [1.82, 2.24) is 25.8 Å². The number of nitriles is 1. The van der Waals surface area contributed by atoms with Crippen LogP contribution in [-0.4, -0.2) is 116 Å². The quantitative estimate of drug-likeness (QED) is 0.368. The van der Waals surface area contributed by atoms with Crippen LogP contribution in [-0.2, 0) is 4.79 Å². The van der Waals surface area contributed by atoms with E-state index in [4.69, 9.17) is 5.73 Å². The molecule has 0 aliphatic carbocycles. The molecule has 214 valence electrons. The van der Waals surface area contributed by atoms with Crippen molar-refractivity contribution in [3.8, 4) is 6.07 Å². The first-order valence-corrected chi connectivity index (χ1v) is 14.8. The SMILES string of the molecule is CC[N+]1=CC(CC#N)CCC2NC(N)C(C(=O)NC3CNCC(F)C3N3CCN(C)CC3)C1CC2(C)CC. The van der Waals surface area contributed by atoms with Gasteiger partial charge in [-0.25, -0.2) is 8.97 Å². The molecule has 4 heterocycles. The molecule has 3 fully saturated rings. The number of fused-ring (bicyclic) bond motifs is 3. The van der Waals surface area contributed by atoms with Crippen LogP contribution in [0.4, 0.5) is 4.39 Å². The van der Waals surface area contributed by atoms with E-state index in [1.165, 1.54) is 0 Å². The lowest BCUT2D eigenvalue weighted by Crippen LogP contribution is -2.68. The molecule has 38 heavy (non-hydrogen) atoms. The van der Waals surface area contributed by atoms with Crippen LogP contribution in [0.25, 0.3) is 0 Å². The number of hydrogen-bond acceptors (Lipinski definition) is 7. The van der Waals surface area contributed by atoms with Gasteiger partial charge in [0.1, 0.15) is 24.8 Å². The maximum atomic E-state index is 15.4. The van der Waals surface area contributed by atoms with Gasteiger partial charge in [-0.3, -0.25) is 15.0 Å². The molecular formula is C28H50FN8O+. The van der Waals surface area contributed by atoms with E-state index in [0.717, 1.165) is 58.4 Å². The third-order valence-corrected chi connectivity index (χ3v) is 9.97. The first-order valence-electron chi connectivity index (χ1n) is 14.8. The average Bonchev–Trinajstić information content (AvgIpc) is 2.96. The highest BCUT2D eigenvalue weighted by atomic mass is 19.1. The standard InChI is InChI=1S/C28H49FN8O/c1-5-28(3)15-22-24(26(31)34-23(28)8-7-19(9-10-30)18-36(22)6-2)27(38)33-21-17-32-16-20(29)25(21)37-13-11-35(4)12-14-37/h18-26,32,34H,5-9,11-17,31H2,1-4H3/p+1. The van der Waals surface area contributed by atoms with Crippen LogP contribution in [0.15, 0.2) is 0 Å². The zero-order valence-corrected chi connectivity index (χ0v) is 23.8. The van der Waals surface area contributed by atoms with Gasteiger partial charge in [0.05, 0.1) is 24.3 Å². The third kappa shape index (κ3) is 6.23. The minimum Gasteiger partial charge on any atom is -0.350 e. The molecule has 0 saturated carbocycles. The second kappa shape index (κ2) is 12.7. The number of amides is 1. The minimum absolute atomic E-state index is 0.0289. The number of piperazine rings is 1. The predicted octanol–water partition coefficient (Wildman–Crippen LogP) is 0.503. The molecule has 10 heteroatoms. The topological polar surface area (TPSA) is 112 Å². The van der Waals surface area contributed by atoms with Gasteiger partial charge >= 0.3 is 0 Å². The number of carbonyl (C=O) groups excluding carboxylic acids is 1. The summed E-state index contributed by atoms with van der Waals surface area (Å²) >= 11 is 0. The van der Waals surface area contributed by atoms with Crippen molar-refractivity contribution in [1.29, 1.82) is 5.26 Å². The fraction of sp³-hybridized carbons (Fsp3) is 0.893. The third-order valence-electron chi connectivity index (χ3n) is 9.97. The summed E-state index contributed by atoms with van der Waals surface area (Å²) < 4.78 is 17.6. The van der Waals surface area contributed by atoms with Gasteiger partial charge < -0.3 is 21.3 Å². The number of piperidine rings is 1. The summed E-state index contributed by atoms with van der Waals surface area (Å²) in [5.41, 5.74) is 6.80. The Balaban J connectivity index is 1.63. The van der Waals surface area contributed by atoms with Gasteiger partial charge in [-0.1, -0.05) is 13.8 Å². The molecule has 0 aromatic heterocycles. The zero-order valence-electron chi connectivity index (χ0n) is 23.8. The summed E-state index contributed by atoms with van der Waals surface area (Å²) in [6.07, 6.45) is 4.79. The van der Waals surface area contributed by atoms with Crippen molar-refractivity contribution >= 4 is 12.1 Å². The number of nitrogens with one attached hydrogen (secondary N) is 3. The summed E-state index contributed by atoms with van der Waals surface area (Å²) in [6, 6.07) is 1.76. The summed E-state index contributed by atoms with van der Waals surface area (Å²) in [5.74, 6) is -0.435. The lowest BCUT2D eigenvalue weighted by molar-refractivity contribution is -0.570. The van der Waals surface area contributed by atoms with E-state index < -0.39 is 18.3 Å². The van der Waals surface area contributed by atoms with E-state index in [1.807, 2.05) is 0 Å². The molecule has 4 aliphatic rings. The van der Waals surface area contributed by atoms with Crippen LogP contribution in [0.2, 0.25) is 0 Å². The molecule has 4 aliphatic heterocycles. The van der Waals surface area contributed by atoms with E-state index in [2.05, 4.69) is 70.4 Å². The van der Waals surface area contributed by atoms with Crippen LogP contribution >= 0.6 is 0 Å². The minimum atomic E-state index is -1.04. The molecule has 9 atom stereocenters. The lowest BCUT2D eigenvalue weighted by atomic mass is 9.72. The van der Waals surface area contributed by atoms with E-state index in [0.29, 0.717) is 19.5 Å². The van der Waals surface area contributed by atoms with Gasteiger partial charge in [-0.05, 0) is 38.6 Å². The van der Waals surface area contributed by atoms with Gasteiger partial charge in [0.2, 0.25) is 5.91 Å².